The van der Waals surface area contributed by atoms with Gasteiger partial charge in [-0.25, -0.2) is 8.42 Å². The SMILES string of the molecule is C[C@@H](C(=O)NCCOc1cccc2ccccc12)N(c1cccc([N+](=O)[O-])c1)S(C)(=O)=O. The Morgan fingerprint density at radius 2 is 1.81 bits per heavy atom. The van der Waals surface area contributed by atoms with E-state index < -0.39 is 26.9 Å². The van der Waals surface area contributed by atoms with Crippen LogP contribution in [0, 0.1) is 10.1 Å². The summed E-state index contributed by atoms with van der Waals surface area (Å²) in [4.78, 5) is 23.1. The van der Waals surface area contributed by atoms with E-state index in [4.69, 9.17) is 4.74 Å². The molecule has 3 rings (SSSR count). The molecule has 0 aliphatic heterocycles. The molecule has 0 unspecified atom stereocenters. The highest BCUT2D eigenvalue weighted by atomic mass is 32.2. The number of benzene rings is 3. The number of ether oxygens (including phenoxy) is 1. The summed E-state index contributed by atoms with van der Waals surface area (Å²) in [6.07, 6.45) is 0.944. The zero-order valence-corrected chi connectivity index (χ0v) is 18.4. The van der Waals surface area contributed by atoms with Crippen molar-refractivity contribution >= 4 is 38.1 Å². The molecule has 1 amide bonds. The summed E-state index contributed by atoms with van der Waals surface area (Å²) in [5, 5.41) is 15.7. The van der Waals surface area contributed by atoms with Crippen molar-refractivity contribution < 1.29 is 22.9 Å². The fourth-order valence-electron chi connectivity index (χ4n) is 3.36. The van der Waals surface area contributed by atoms with Crippen molar-refractivity contribution in [1.82, 2.24) is 5.32 Å². The number of hydrogen-bond donors (Lipinski definition) is 1. The molecule has 0 radical (unpaired) electrons. The molecule has 0 saturated carbocycles. The summed E-state index contributed by atoms with van der Waals surface area (Å²) in [7, 11) is -3.88. The molecule has 1 N–H and O–H groups in total. The first-order valence-electron chi connectivity index (χ1n) is 9.80. The number of nitrogens with zero attached hydrogens (tertiary/aromatic N) is 2. The van der Waals surface area contributed by atoms with Crippen LogP contribution in [-0.2, 0) is 14.8 Å². The molecule has 0 saturated heterocycles. The highest BCUT2D eigenvalue weighted by Gasteiger charge is 2.29. The fraction of sp³-hybridized carbons (Fsp3) is 0.227. The van der Waals surface area contributed by atoms with Gasteiger partial charge in [0.15, 0.2) is 0 Å². The van der Waals surface area contributed by atoms with Crippen LogP contribution in [0.5, 0.6) is 5.75 Å². The van der Waals surface area contributed by atoms with Gasteiger partial charge in [0.1, 0.15) is 18.4 Å². The molecule has 0 heterocycles. The van der Waals surface area contributed by atoms with Crippen molar-refractivity contribution in [3.8, 4) is 5.75 Å². The standard InChI is InChI=1S/C22H23N3O6S/c1-16(24(32(2,29)30)18-9-6-10-19(15-18)25(27)28)22(26)23-13-14-31-21-12-5-8-17-7-3-4-11-20(17)21/h3-12,15-16H,13-14H2,1-2H3,(H,23,26)/t16-/m0/s1. The Morgan fingerprint density at radius 3 is 2.53 bits per heavy atom. The van der Waals surface area contributed by atoms with E-state index >= 15 is 0 Å². The third-order valence-corrected chi connectivity index (χ3v) is 6.03. The first-order valence-corrected chi connectivity index (χ1v) is 11.7. The summed E-state index contributed by atoms with van der Waals surface area (Å²) < 4.78 is 31.3. The lowest BCUT2D eigenvalue weighted by Crippen LogP contribution is -2.48. The number of carbonyl (C=O) groups is 1. The van der Waals surface area contributed by atoms with Crippen molar-refractivity contribution in [3.63, 3.8) is 0 Å². The number of carbonyl (C=O) groups excluding carboxylic acids is 1. The van der Waals surface area contributed by atoms with Crippen LogP contribution < -0.4 is 14.4 Å². The molecule has 168 valence electrons. The number of anilines is 1. The number of hydrogen-bond acceptors (Lipinski definition) is 6. The number of fused-ring (bicyclic) bond motifs is 1. The van der Waals surface area contributed by atoms with Gasteiger partial charge in [0.25, 0.3) is 5.69 Å². The lowest BCUT2D eigenvalue weighted by atomic mass is 10.1. The molecule has 0 aliphatic rings. The Hall–Kier alpha value is -3.66. The second-order valence-corrected chi connectivity index (χ2v) is 8.99. The van der Waals surface area contributed by atoms with Gasteiger partial charge in [-0.1, -0.05) is 42.5 Å². The minimum absolute atomic E-state index is 0.0383. The molecule has 0 aliphatic carbocycles. The Kier molecular flexibility index (Phi) is 6.94. The van der Waals surface area contributed by atoms with Gasteiger partial charge in [0.2, 0.25) is 15.9 Å². The largest absolute Gasteiger partial charge is 0.491 e. The van der Waals surface area contributed by atoms with E-state index in [0.717, 1.165) is 27.4 Å². The highest BCUT2D eigenvalue weighted by Crippen LogP contribution is 2.26. The number of amides is 1. The quantitative estimate of drug-likeness (QED) is 0.300. The summed E-state index contributed by atoms with van der Waals surface area (Å²) in [5.41, 5.74) is -0.233. The van der Waals surface area contributed by atoms with Crippen molar-refractivity contribution in [2.75, 3.05) is 23.7 Å². The van der Waals surface area contributed by atoms with Crippen LogP contribution in [0.1, 0.15) is 6.92 Å². The molecule has 0 spiro atoms. The zero-order valence-electron chi connectivity index (χ0n) is 17.6. The van der Waals surface area contributed by atoms with Gasteiger partial charge < -0.3 is 10.1 Å². The maximum atomic E-state index is 12.6. The Labute approximate surface area is 185 Å². The topological polar surface area (TPSA) is 119 Å². The molecular weight excluding hydrogens is 434 g/mol. The maximum Gasteiger partial charge on any atom is 0.271 e. The van der Waals surface area contributed by atoms with E-state index in [1.165, 1.54) is 25.1 Å². The smallest absolute Gasteiger partial charge is 0.271 e. The molecule has 32 heavy (non-hydrogen) atoms. The van der Waals surface area contributed by atoms with Gasteiger partial charge in [-0.2, -0.15) is 0 Å². The Bertz CT molecular complexity index is 1240. The number of sulfonamides is 1. The van der Waals surface area contributed by atoms with Crippen LogP contribution in [0.2, 0.25) is 0 Å². The van der Waals surface area contributed by atoms with Crippen LogP contribution in [0.3, 0.4) is 0 Å². The number of rotatable bonds is 9. The van der Waals surface area contributed by atoms with Gasteiger partial charge in [-0.15, -0.1) is 0 Å². The van der Waals surface area contributed by atoms with Crippen molar-refractivity contribution in [2.24, 2.45) is 0 Å². The normalized spacial score (nSPS) is 12.2. The third kappa shape index (κ3) is 5.33. The molecule has 3 aromatic carbocycles. The van der Waals surface area contributed by atoms with Gasteiger partial charge in [0.05, 0.1) is 23.4 Å². The van der Waals surface area contributed by atoms with Crippen molar-refractivity contribution in [2.45, 2.75) is 13.0 Å². The average Bonchev–Trinajstić information content (AvgIpc) is 2.76. The molecule has 9 nitrogen and oxygen atoms in total. The number of nitro groups is 1. The molecule has 3 aromatic rings. The average molecular weight is 458 g/mol. The first kappa shape index (κ1) is 23.0. The summed E-state index contributed by atoms with van der Waals surface area (Å²) in [6.45, 7) is 1.75. The van der Waals surface area contributed by atoms with Crippen LogP contribution in [0.4, 0.5) is 11.4 Å². The minimum Gasteiger partial charge on any atom is -0.491 e. The van der Waals surface area contributed by atoms with Crippen molar-refractivity contribution in [3.05, 3.63) is 76.8 Å². The Morgan fingerprint density at radius 1 is 1.12 bits per heavy atom. The highest BCUT2D eigenvalue weighted by molar-refractivity contribution is 7.92. The van der Waals surface area contributed by atoms with Crippen molar-refractivity contribution in [1.29, 1.82) is 0 Å². The maximum absolute atomic E-state index is 12.6. The molecule has 10 heteroatoms. The third-order valence-electron chi connectivity index (χ3n) is 4.79. The van der Waals surface area contributed by atoms with E-state index in [0.29, 0.717) is 5.75 Å². The molecule has 0 aromatic heterocycles. The predicted octanol–water partition coefficient (Wildman–Crippen LogP) is 3.10. The summed E-state index contributed by atoms with van der Waals surface area (Å²) in [5.74, 6) is 0.128. The van der Waals surface area contributed by atoms with Gasteiger partial charge in [-0.3, -0.25) is 19.2 Å². The van der Waals surface area contributed by atoms with E-state index in [2.05, 4.69) is 5.32 Å². The minimum atomic E-state index is -3.88. The monoisotopic (exact) mass is 457 g/mol. The second kappa shape index (κ2) is 9.65. The fourth-order valence-corrected chi connectivity index (χ4v) is 4.52. The van der Waals surface area contributed by atoms with E-state index in [9.17, 15) is 23.3 Å². The van der Waals surface area contributed by atoms with Crippen LogP contribution in [0.15, 0.2) is 66.7 Å². The van der Waals surface area contributed by atoms with E-state index in [1.807, 2.05) is 42.5 Å². The van der Waals surface area contributed by atoms with Crippen LogP contribution >= 0.6 is 0 Å². The summed E-state index contributed by atoms with van der Waals surface area (Å²) in [6, 6.07) is 17.5. The van der Waals surface area contributed by atoms with Gasteiger partial charge in [-0.05, 0) is 24.4 Å². The number of nitrogens with one attached hydrogen (secondary N) is 1. The molecule has 0 bridgehead atoms. The van der Waals surface area contributed by atoms with Gasteiger partial charge >= 0.3 is 0 Å². The first-order chi connectivity index (χ1) is 15.2. The summed E-state index contributed by atoms with van der Waals surface area (Å²) >= 11 is 0. The predicted molar refractivity (Wildman–Crippen MR) is 122 cm³/mol. The lowest BCUT2D eigenvalue weighted by molar-refractivity contribution is -0.384. The van der Waals surface area contributed by atoms with Crippen LogP contribution in [0.25, 0.3) is 10.8 Å². The molecular formula is C22H23N3O6S. The number of nitro benzene ring substituents is 1. The molecule has 1 atom stereocenters. The van der Waals surface area contributed by atoms with Crippen LogP contribution in [-0.4, -0.2) is 44.7 Å². The van der Waals surface area contributed by atoms with Gasteiger partial charge in [0, 0.05) is 17.5 Å². The Balaban J connectivity index is 1.66. The number of non-ortho nitro benzene ring substituents is 1. The van der Waals surface area contributed by atoms with E-state index in [1.54, 1.807) is 0 Å². The molecule has 0 fully saturated rings. The second-order valence-electron chi connectivity index (χ2n) is 7.13. The zero-order chi connectivity index (χ0) is 23.3. The van der Waals surface area contributed by atoms with E-state index in [-0.39, 0.29) is 24.5 Å². The lowest BCUT2D eigenvalue weighted by Gasteiger charge is -2.28.